The molecule has 0 rings (SSSR count). The van der Waals surface area contributed by atoms with Crippen LogP contribution in [-0.4, -0.2) is 6.04 Å². The van der Waals surface area contributed by atoms with Crippen LogP contribution in [-0.2, 0) is 0 Å². The summed E-state index contributed by atoms with van der Waals surface area (Å²) in [6.07, 6.45) is 5.72. The van der Waals surface area contributed by atoms with Crippen molar-refractivity contribution in [2.75, 3.05) is 0 Å². The average molecular weight is 115 g/mol. The SMILES string of the molecule is C#CCC(C)NS. The third kappa shape index (κ3) is 3.71. The minimum absolute atomic E-state index is 0.327. The fourth-order valence-electron chi connectivity index (χ4n) is 0.222. The van der Waals surface area contributed by atoms with Crippen molar-refractivity contribution in [3.05, 3.63) is 0 Å². The molecule has 0 aromatic rings. The Balaban J connectivity index is 3.03. The molecule has 0 amide bonds. The van der Waals surface area contributed by atoms with E-state index in [-0.39, 0.29) is 0 Å². The third-order valence-corrected chi connectivity index (χ3v) is 1.09. The highest BCUT2D eigenvalue weighted by molar-refractivity contribution is 7.78. The largest absolute Gasteiger partial charge is 0.263 e. The van der Waals surface area contributed by atoms with Gasteiger partial charge in [0.05, 0.1) is 0 Å². The van der Waals surface area contributed by atoms with Gasteiger partial charge in [-0.2, -0.15) is 0 Å². The molecular formula is C5H9NS. The maximum atomic E-state index is 4.98. The van der Waals surface area contributed by atoms with E-state index in [2.05, 4.69) is 23.5 Å². The maximum Gasteiger partial charge on any atom is 0.0250 e. The minimum Gasteiger partial charge on any atom is -0.263 e. The molecule has 1 unspecified atom stereocenters. The number of nitrogens with one attached hydrogen (secondary N) is 1. The fourth-order valence-corrected chi connectivity index (χ4v) is 0.314. The average Bonchev–Trinajstić information content (AvgIpc) is 1.68. The monoisotopic (exact) mass is 115 g/mol. The van der Waals surface area contributed by atoms with Gasteiger partial charge in [0, 0.05) is 12.5 Å². The van der Waals surface area contributed by atoms with Gasteiger partial charge in [-0.3, -0.25) is 4.72 Å². The Morgan fingerprint density at radius 3 is 2.71 bits per heavy atom. The Hall–Kier alpha value is -0.130. The highest BCUT2D eigenvalue weighted by Crippen LogP contribution is 1.86. The van der Waals surface area contributed by atoms with Gasteiger partial charge in [-0.1, -0.05) is 12.8 Å². The van der Waals surface area contributed by atoms with E-state index in [1.165, 1.54) is 0 Å². The summed E-state index contributed by atoms with van der Waals surface area (Å²) >= 11 is 3.80. The predicted molar refractivity (Wildman–Crippen MR) is 35.0 cm³/mol. The fraction of sp³-hybridized carbons (Fsp3) is 0.600. The molecule has 0 saturated heterocycles. The topological polar surface area (TPSA) is 12.0 Å². The lowest BCUT2D eigenvalue weighted by atomic mass is 10.3. The molecule has 0 aliphatic heterocycles. The molecule has 0 aliphatic carbocycles. The molecule has 1 nitrogen and oxygen atoms in total. The molecule has 0 fully saturated rings. The van der Waals surface area contributed by atoms with Crippen LogP contribution in [0.5, 0.6) is 0 Å². The van der Waals surface area contributed by atoms with E-state index in [9.17, 15) is 0 Å². The van der Waals surface area contributed by atoms with E-state index in [0.29, 0.717) is 6.04 Å². The van der Waals surface area contributed by atoms with Crippen LogP contribution in [0.15, 0.2) is 0 Å². The molecule has 0 saturated carbocycles. The quantitative estimate of drug-likeness (QED) is 0.401. The van der Waals surface area contributed by atoms with Crippen molar-refractivity contribution in [1.82, 2.24) is 4.72 Å². The standard InChI is InChI=1S/C5H9NS/c1-3-4-5(2)6-7/h1,5-7H,4H2,2H3. The second-order valence-corrected chi connectivity index (χ2v) is 1.70. The molecule has 0 aliphatic rings. The Kier molecular flexibility index (Phi) is 3.97. The van der Waals surface area contributed by atoms with Gasteiger partial charge in [0.2, 0.25) is 0 Å². The molecule has 0 aromatic carbocycles. The molecule has 0 radical (unpaired) electrons. The van der Waals surface area contributed by atoms with Crippen LogP contribution < -0.4 is 4.72 Å². The van der Waals surface area contributed by atoms with Crippen molar-refractivity contribution >= 4 is 12.8 Å². The lowest BCUT2D eigenvalue weighted by Gasteiger charge is -2.00. The molecule has 0 spiro atoms. The Bertz CT molecular complexity index is 74.6. The van der Waals surface area contributed by atoms with E-state index in [4.69, 9.17) is 6.42 Å². The van der Waals surface area contributed by atoms with E-state index >= 15 is 0 Å². The summed E-state index contributed by atoms with van der Waals surface area (Å²) in [5.74, 6) is 2.51. The van der Waals surface area contributed by atoms with Gasteiger partial charge in [-0.25, -0.2) is 0 Å². The molecule has 0 heterocycles. The molecule has 40 valence electrons. The highest BCUT2D eigenvalue weighted by Gasteiger charge is 1.90. The van der Waals surface area contributed by atoms with Crippen molar-refractivity contribution in [2.45, 2.75) is 19.4 Å². The third-order valence-electron chi connectivity index (χ3n) is 0.644. The van der Waals surface area contributed by atoms with Gasteiger partial charge in [-0.05, 0) is 6.92 Å². The van der Waals surface area contributed by atoms with Crippen LogP contribution >= 0.6 is 12.8 Å². The molecule has 0 aromatic heterocycles. The Labute approximate surface area is 50.0 Å². The number of thiol groups is 1. The summed E-state index contributed by atoms with van der Waals surface area (Å²) in [7, 11) is 0. The van der Waals surface area contributed by atoms with Crippen molar-refractivity contribution < 1.29 is 0 Å². The van der Waals surface area contributed by atoms with E-state index in [0.717, 1.165) is 6.42 Å². The lowest BCUT2D eigenvalue weighted by molar-refractivity contribution is 0.721. The summed E-state index contributed by atoms with van der Waals surface area (Å²) in [5.41, 5.74) is 0. The summed E-state index contributed by atoms with van der Waals surface area (Å²) in [5, 5.41) is 0. The van der Waals surface area contributed by atoms with E-state index in [1.807, 2.05) is 6.92 Å². The van der Waals surface area contributed by atoms with E-state index < -0.39 is 0 Å². The van der Waals surface area contributed by atoms with Gasteiger partial charge in [-0.15, -0.1) is 12.3 Å². The molecular weight excluding hydrogens is 106 g/mol. The van der Waals surface area contributed by atoms with Crippen LogP contribution in [0.3, 0.4) is 0 Å². The van der Waals surface area contributed by atoms with Crippen molar-refractivity contribution in [1.29, 1.82) is 0 Å². The van der Waals surface area contributed by atoms with Gasteiger partial charge in [0.15, 0.2) is 0 Å². The van der Waals surface area contributed by atoms with Gasteiger partial charge in [0.1, 0.15) is 0 Å². The summed E-state index contributed by atoms with van der Waals surface area (Å²) < 4.78 is 2.72. The zero-order valence-electron chi connectivity index (χ0n) is 4.31. The Morgan fingerprint density at radius 1 is 2.00 bits per heavy atom. The maximum absolute atomic E-state index is 4.98. The molecule has 0 bridgehead atoms. The smallest absolute Gasteiger partial charge is 0.0250 e. The number of hydrogen-bond acceptors (Lipinski definition) is 2. The minimum atomic E-state index is 0.327. The first kappa shape index (κ1) is 6.87. The van der Waals surface area contributed by atoms with Crippen LogP contribution in [0, 0.1) is 12.3 Å². The van der Waals surface area contributed by atoms with E-state index in [1.54, 1.807) is 0 Å². The van der Waals surface area contributed by atoms with Crippen molar-refractivity contribution in [3.63, 3.8) is 0 Å². The zero-order chi connectivity index (χ0) is 5.70. The molecule has 1 atom stereocenters. The first-order chi connectivity index (χ1) is 3.31. The van der Waals surface area contributed by atoms with Crippen molar-refractivity contribution in [3.8, 4) is 12.3 Å². The summed E-state index contributed by atoms with van der Waals surface area (Å²) in [4.78, 5) is 0. The van der Waals surface area contributed by atoms with Crippen molar-refractivity contribution in [2.24, 2.45) is 0 Å². The number of rotatable bonds is 2. The Morgan fingerprint density at radius 2 is 2.57 bits per heavy atom. The normalized spacial score (nSPS) is 12.7. The van der Waals surface area contributed by atoms with Crippen LogP contribution in [0.2, 0.25) is 0 Å². The highest BCUT2D eigenvalue weighted by atomic mass is 32.1. The number of terminal acetylenes is 1. The molecule has 1 N–H and O–H groups in total. The molecule has 7 heavy (non-hydrogen) atoms. The second kappa shape index (κ2) is 4.04. The van der Waals surface area contributed by atoms with Gasteiger partial charge >= 0.3 is 0 Å². The second-order valence-electron chi connectivity index (χ2n) is 1.44. The molecule has 2 heteroatoms. The van der Waals surface area contributed by atoms with Crippen LogP contribution in [0.25, 0.3) is 0 Å². The number of hydrogen-bond donors (Lipinski definition) is 2. The van der Waals surface area contributed by atoms with Gasteiger partial charge in [0.25, 0.3) is 0 Å². The predicted octanol–water partition coefficient (Wildman–Crippen LogP) is 0.833. The zero-order valence-corrected chi connectivity index (χ0v) is 5.20. The lowest BCUT2D eigenvalue weighted by Crippen LogP contribution is -2.14. The van der Waals surface area contributed by atoms with Crippen LogP contribution in [0.4, 0.5) is 0 Å². The summed E-state index contributed by atoms with van der Waals surface area (Å²) in [6.45, 7) is 1.98. The summed E-state index contributed by atoms with van der Waals surface area (Å²) in [6, 6.07) is 0.327. The first-order valence-corrected chi connectivity index (χ1v) is 2.59. The van der Waals surface area contributed by atoms with Crippen LogP contribution in [0.1, 0.15) is 13.3 Å². The van der Waals surface area contributed by atoms with Gasteiger partial charge < -0.3 is 0 Å². The first-order valence-electron chi connectivity index (χ1n) is 2.14.